The first-order valence-corrected chi connectivity index (χ1v) is 5.76. The van der Waals surface area contributed by atoms with E-state index in [4.69, 9.17) is 4.74 Å². The molecule has 2 rings (SSSR count). The number of rotatable bonds is 4. The van der Waals surface area contributed by atoms with Gasteiger partial charge in [0.2, 0.25) is 0 Å². The molecule has 0 aliphatic rings. The van der Waals surface area contributed by atoms with Crippen LogP contribution in [0, 0.1) is 0 Å². The number of para-hydroxylation sites is 1. The molecule has 0 atom stereocenters. The number of allylic oxidation sites excluding steroid dienone is 1. The van der Waals surface area contributed by atoms with Crippen LogP contribution in [0.3, 0.4) is 0 Å². The van der Waals surface area contributed by atoms with E-state index in [-0.39, 0.29) is 5.78 Å². The van der Waals surface area contributed by atoms with Gasteiger partial charge < -0.3 is 4.74 Å². The molecule has 2 heteroatoms. The summed E-state index contributed by atoms with van der Waals surface area (Å²) in [4.78, 5) is 10.9. The maximum Gasteiger partial charge on any atom is 0.152 e. The molecule has 0 heterocycles. The number of hydrogen-bond acceptors (Lipinski definition) is 2. The van der Waals surface area contributed by atoms with Crippen molar-refractivity contribution in [1.29, 1.82) is 0 Å². The quantitative estimate of drug-likeness (QED) is 0.750. The molecule has 2 aromatic carbocycles. The fourth-order valence-corrected chi connectivity index (χ4v) is 1.52. The van der Waals surface area contributed by atoms with Crippen LogP contribution in [0.5, 0.6) is 11.5 Å². The van der Waals surface area contributed by atoms with E-state index in [9.17, 15) is 4.79 Å². The average Bonchev–Trinajstić information content (AvgIpc) is 2.38. The van der Waals surface area contributed by atoms with Gasteiger partial charge in [0.1, 0.15) is 11.5 Å². The second-order valence-electron chi connectivity index (χ2n) is 3.93. The summed E-state index contributed by atoms with van der Waals surface area (Å²) in [7, 11) is 0. The molecular weight excluding hydrogens is 224 g/mol. The lowest BCUT2D eigenvalue weighted by atomic mass is 10.2. The van der Waals surface area contributed by atoms with Crippen molar-refractivity contribution in [2.45, 2.75) is 6.92 Å². The highest BCUT2D eigenvalue weighted by Crippen LogP contribution is 2.22. The van der Waals surface area contributed by atoms with Crippen LogP contribution in [0.15, 0.2) is 60.7 Å². The van der Waals surface area contributed by atoms with Gasteiger partial charge in [0.25, 0.3) is 0 Å². The predicted molar refractivity (Wildman–Crippen MR) is 72.7 cm³/mol. The van der Waals surface area contributed by atoms with Crippen molar-refractivity contribution >= 4 is 11.9 Å². The zero-order valence-corrected chi connectivity index (χ0v) is 10.2. The minimum atomic E-state index is 0.0318. The molecule has 2 nitrogen and oxygen atoms in total. The first kappa shape index (κ1) is 12.1. The highest BCUT2D eigenvalue weighted by atomic mass is 16.5. The third-order valence-corrected chi connectivity index (χ3v) is 2.35. The molecule has 0 aromatic heterocycles. The molecule has 18 heavy (non-hydrogen) atoms. The maximum atomic E-state index is 10.9. The van der Waals surface area contributed by atoms with Gasteiger partial charge in [0.05, 0.1) is 0 Å². The Kier molecular flexibility index (Phi) is 3.92. The summed E-state index contributed by atoms with van der Waals surface area (Å²) in [5.41, 5.74) is 0.943. The summed E-state index contributed by atoms with van der Waals surface area (Å²) in [6.07, 6.45) is 3.32. The Labute approximate surface area is 107 Å². The van der Waals surface area contributed by atoms with E-state index < -0.39 is 0 Å². The maximum absolute atomic E-state index is 10.9. The highest BCUT2D eigenvalue weighted by Gasteiger charge is 1.97. The van der Waals surface area contributed by atoms with Gasteiger partial charge in [-0.25, -0.2) is 0 Å². The summed E-state index contributed by atoms with van der Waals surface area (Å²) in [5.74, 6) is 1.58. The molecule has 0 fully saturated rings. The first-order chi connectivity index (χ1) is 8.74. The summed E-state index contributed by atoms with van der Waals surface area (Å²) in [5, 5.41) is 0. The molecule has 0 aliphatic carbocycles. The Morgan fingerprint density at radius 3 is 2.44 bits per heavy atom. The monoisotopic (exact) mass is 238 g/mol. The lowest BCUT2D eigenvalue weighted by Gasteiger charge is -2.05. The molecule has 0 N–H and O–H groups in total. The largest absolute Gasteiger partial charge is 0.457 e. The van der Waals surface area contributed by atoms with E-state index in [0.717, 1.165) is 17.1 Å². The Morgan fingerprint density at radius 2 is 1.72 bits per heavy atom. The third kappa shape index (κ3) is 3.59. The highest BCUT2D eigenvalue weighted by molar-refractivity contribution is 5.91. The predicted octanol–water partition coefficient (Wildman–Crippen LogP) is 4.08. The lowest BCUT2D eigenvalue weighted by molar-refractivity contribution is -0.112. The minimum absolute atomic E-state index is 0.0318. The van der Waals surface area contributed by atoms with Crippen molar-refractivity contribution in [3.05, 3.63) is 66.2 Å². The number of ketones is 1. The number of hydrogen-bond donors (Lipinski definition) is 0. The molecule has 0 radical (unpaired) electrons. The zero-order chi connectivity index (χ0) is 12.8. The van der Waals surface area contributed by atoms with E-state index in [2.05, 4.69) is 0 Å². The Bertz CT molecular complexity index is 556. The number of ether oxygens (including phenoxy) is 1. The lowest BCUT2D eigenvalue weighted by Crippen LogP contribution is -1.85. The standard InChI is InChI=1S/C16H14O2/c1-13(17)10-11-14-6-5-9-16(12-14)18-15-7-3-2-4-8-15/h2-12H,1H3/b11-10+. The van der Waals surface area contributed by atoms with E-state index in [1.165, 1.54) is 6.92 Å². The molecule has 0 saturated heterocycles. The SMILES string of the molecule is CC(=O)/C=C/c1cccc(Oc2ccccc2)c1. The number of carbonyl (C=O) groups excluding carboxylic acids is 1. The molecule has 0 bridgehead atoms. The van der Waals surface area contributed by atoms with Gasteiger partial charge in [0.15, 0.2) is 5.78 Å². The molecule has 90 valence electrons. The zero-order valence-electron chi connectivity index (χ0n) is 10.2. The molecule has 0 aliphatic heterocycles. The fourth-order valence-electron chi connectivity index (χ4n) is 1.52. The van der Waals surface area contributed by atoms with Crippen molar-refractivity contribution < 1.29 is 9.53 Å². The Balaban J connectivity index is 2.15. The van der Waals surface area contributed by atoms with Gasteiger partial charge in [-0.3, -0.25) is 4.79 Å². The average molecular weight is 238 g/mol. The van der Waals surface area contributed by atoms with Crippen molar-refractivity contribution in [3.8, 4) is 11.5 Å². The smallest absolute Gasteiger partial charge is 0.152 e. The topological polar surface area (TPSA) is 26.3 Å². The van der Waals surface area contributed by atoms with Gasteiger partial charge in [-0.1, -0.05) is 36.4 Å². The van der Waals surface area contributed by atoms with Crippen LogP contribution in [-0.4, -0.2) is 5.78 Å². The van der Waals surface area contributed by atoms with Gasteiger partial charge in [-0.2, -0.15) is 0 Å². The van der Waals surface area contributed by atoms with E-state index in [0.29, 0.717) is 0 Å². The Morgan fingerprint density at radius 1 is 1.00 bits per heavy atom. The summed E-state index contributed by atoms with van der Waals surface area (Å²) in [6.45, 7) is 1.53. The van der Waals surface area contributed by atoms with E-state index in [1.807, 2.05) is 54.6 Å². The third-order valence-electron chi connectivity index (χ3n) is 2.35. The van der Waals surface area contributed by atoms with Crippen LogP contribution < -0.4 is 4.74 Å². The molecule has 0 unspecified atom stereocenters. The molecule has 0 amide bonds. The number of benzene rings is 2. The van der Waals surface area contributed by atoms with Crippen LogP contribution >= 0.6 is 0 Å². The van der Waals surface area contributed by atoms with Crippen LogP contribution in [-0.2, 0) is 4.79 Å². The summed E-state index contributed by atoms with van der Waals surface area (Å²) in [6, 6.07) is 17.2. The van der Waals surface area contributed by atoms with Gasteiger partial charge in [-0.05, 0) is 42.8 Å². The van der Waals surface area contributed by atoms with E-state index in [1.54, 1.807) is 12.2 Å². The van der Waals surface area contributed by atoms with Gasteiger partial charge >= 0.3 is 0 Å². The first-order valence-electron chi connectivity index (χ1n) is 5.76. The molecule has 2 aromatic rings. The summed E-state index contributed by atoms with van der Waals surface area (Å²) >= 11 is 0. The normalized spacial score (nSPS) is 10.5. The Hall–Kier alpha value is -2.35. The van der Waals surface area contributed by atoms with E-state index >= 15 is 0 Å². The second-order valence-corrected chi connectivity index (χ2v) is 3.93. The minimum Gasteiger partial charge on any atom is -0.457 e. The van der Waals surface area contributed by atoms with Crippen LogP contribution in [0.25, 0.3) is 6.08 Å². The number of carbonyl (C=O) groups is 1. The van der Waals surface area contributed by atoms with Crippen LogP contribution in [0.2, 0.25) is 0 Å². The van der Waals surface area contributed by atoms with Crippen LogP contribution in [0.4, 0.5) is 0 Å². The van der Waals surface area contributed by atoms with Gasteiger partial charge in [0, 0.05) is 0 Å². The van der Waals surface area contributed by atoms with Crippen molar-refractivity contribution in [1.82, 2.24) is 0 Å². The van der Waals surface area contributed by atoms with Crippen molar-refractivity contribution in [2.24, 2.45) is 0 Å². The molecule has 0 saturated carbocycles. The summed E-state index contributed by atoms with van der Waals surface area (Å²) < 4.78 is 5.71. The van der Waals surface area contributed by atoms with Crippen molar-refractivity contribution in [2.75, 3.05) is 0 Å². The second kappa shape index (κ2) is 5.82. The molecular formula is C16H14O2. The van der Waals surface area contributed by atoms with Crippen LogP contribution in [0.1, 0.15) is 12.5 Å². The molecule has 0 spiro atoms. The van der Waals surface area contributed by atoms with Crippen molar-refractivity contribution in [3.63, 3.8) is 0 Å². The fraction of sp³-hybridized carbons (Fsp3) is 0.0625. The van der Waals surface area contributed by atoms with Gasteiger partial charge in [-0.15, -0.1) is 0 Å².